The van der Waals surface area contributed by atoms with Gasteiger partial charge in [0.05, 0.1) is 0 Å². The molecule has 0 saturated heterocycles. The average Bonchev–Trinajstić information content (AvgIpc) is 2.38. The highest BCUT2D eigenvalue weighted by molar-refractivity contribution is 5.93. The molecule has 19 heavy (non-hydrogen) atoms. The number of rotatable bonds is 6. The summed E-state index contributed by atoms with van der Waals surface area (Å²) in [6, 6.07) is 8.21. The summed E-state index contributed by atoms with van der Waals surface area (Å²) < 4.78 is 0. The molecule has 0 aromatic heterocycles. The zero-order valence-electron chi connectivity index (χ0n) is 12.6. The van der Waals surface area contributed by atoms with Crippen LogP contribution in [0.25, 0.3) is 0 Å². The van der Waals surface area contributed by atoms with E-state index in [0.29, 0.717) is 13.0 Å². The molecule has 0 atom stereocenters. The van der Waals surface area contributed by atoms with Gasteiger partial charge in [-0.05, 0) is 36.1 Å². The van der Waals surface area contributed by atoms with Crippen LogP contribution in [-0.2, 0) is 11.2 Å². The van der Waals surface area contributed by atoms with Gasteiger partial charge in [-0.15, -0.1) is 0 Å². The van der Waals surface area contributed by atoms with E-state index in [1.165, 1.54) is 5.56 Å². The SMILES string of the molecule is CCCc1ccc(N(C)C(=O)CC(C)(C)CN)cc1. The topological polar surface area (TPSA) is 46.3 Å². The maximum absolute atomic E-state index is 12.2. The zero-order chi connectivity index (χ0) is 14.5. The Balaban J connectivity index is 2.71. The molecule has 3 heteroatoms. The Hall–Kier alpha value is -1.35. The van der Waals surface area contributed by atoms with Crippen LogP contribution in [0.15, 0.2) is 24.3 Å². The van der Waals surface area contributed by atoms with Crippen molar-refractivity contribution in [2.24, 2.45) is 11.1 Å². The quantitative estimate of drug-likeness (QED) is 0.856. The van der Waals surface area contributed by atoms with Gasteiger partial charge in [-0.25, -0.2) is 0 Å². The third kappa shape index (κ3) is 4.67. The Morgan fingerprint density at radius 2 is 1.84 bits per heavy atom. The largest absolute Gasteiger partial charge is 0.330 e. The van der Waals surface area contributed by atoms with Crippen molar-refractivity contribution in [2.45, 2.75) is 40.0 Å². The Bertz CT molecular complexity index is 409. The number of amides is 1. The van der Waals surface area contributed by atoms with Gasteiger partial charge in [0.15, 0.2) is 0 Å². The van der Waals surface area contributed by atoms with Crippen molar-refractivity contribution < 1.29 is 4.79 Å². The first kappa shape index (κ1) is 15.7. The first-order valence-electron chi connectivity index (χ1n) is 6.95. The van der Waals surface area contributed by atoms with Crippen LogP contribution in [-0.4, -0.2) is 19.5 Å². The molecule has 0 saturated carbocycles. The molecule has 0 bridgehead atoms. The molecule has 2 N–H and O–H groups in total. The van der Waals surface area contributed by atoms with Gasteiger partial charge in [-0.3, -0.25) is 4.79 Å². The monoisotopic (exact) mass is 262 g/mol. The number of nitrogens with zero attached hydrogens (tertiary/aromatic N) is 1. The van der Waals surface area contributed by atoms with E-state index in [0.717, 1.165) is 18.5 Å². The predicted octanol–water partition coefficient (Wildman–Crippen LogP) is 2.98. The van der Waals surface area contributed by atoms with E-state index in [2.05, 4.69) is 19.1 Å². The Kier molecular flexibility index (Phi) is 5.55. The Morgan fingerprint density at radius 3 is 2.32 bits per heavy atom. The normalized spacial score (nSPS) is 11.4. The van der Waals surface area contributed by atoms with Gasteiger partial charge in [0.25, 0.3) is 0 Å². The van der Waals surface area contributed by atoms with Crippen molar-refractivity contribution in [2.75, 3.05) is 18.5 Å². The molecule has 1 rings (SSSR count). The van der Waals surface area contributed by atoms with Gasteiger partial charge in [0, 0.05) is 19.2 Å². The molecule has 0 aliphatic carbocycles. The molecule has 0 fully saturated rings. The van der Waals surface area contributed by atoms with E-state index in [-0.39, 0.29) is 11.3 Å². The highest BCUT2D eigenvalue weighted by Crippen LogP contribution is 2.22. The summed E-state index contributed by atoms with van der Waals surface area (Å²) >= 11 is 0. The van der Waals surface area contributed by atoms with E-state index >= 15 is 0 Å². The van der Waals surface area contributed by atoms with Gasteiger partial charge in [0.2, 0.25) is 5.91 Å². The molecule has 1 amide bonds. The number of hydrogen-bond acceptors (Lipinski definition) is 2. The third-order valence-corrected chi connectivity index (χ3v) is 3.42. The van der Waals surface area contributed by atoms with Crippen LogP contribution in [0.5, 0.6) is 0 Å². The van der Waals surface area contributed by atoms with E-state index in [4.69, 9.17) is 5.73 Å². The van der Waals surface area contributed by atoms with Crippen molar-refractivity contribution in [1.29, 1.82) is 0 Å². The van der Waals surface area contributed by atoms with Gasteiger partial charge < -0.3 is 10.6 Å². The Morgan fingerprint density at radius 1 is 1.26 bits per heavy atom. The number of hydrogen-bond donors (Lipinski definition) is 1. The fraction of sp³-hybridized carbons (Fsp3) is 0.562. The van der Waals surface area contributed by atoms with Crippen LogP contribution >= 0.6 is 0 Å². The predicted molar refractivity (Wildman–Crippen MR) is 81.3 cm³/mol. The summed E-state index contributed by atoms with van der Waals surface area (Å²) in [5, 5.41) is 0. The number of carbonyl (C=O) groups excluding carboxylic acids is 1. The second kappa shape index (κ2) is 6.71. The minimum atomic E-state index is -0.145. The van der Waals surface area contributed by atoms with Crippen molar-refractivity contribution in [3.05, 3.63) is 29.8 Å². The molecule has 1 aromatic rings. The molecular formula is C16H26N2O. The fourth-order valence-corrected chi connectivity index (χ4v) is 1.92. The van der Waals surface area contributed by atoms with Gasteiger partial charge in [-0.2, -0.15) is 0 Å². The minimum Gasteiger partial charge on any atom is -0.330 e. The molecule has 0 aliphatic rings. The molecule has 3 nitrogen and oxygen atoms in total. The van der Waals surface area contributed by atoms with Crippen molar-refractivity contribution in [1.82, 2.24) is 0 Å². The zero-order valence-corrected chi connectivity index (χ0v) is 12.6. The summed E-state index contributed by atoms with van der Waals surface area (Å²) in [5.41, 5.74) is 7.79. The summed E-state index contributed by atoms with van der Waals surface area (Å²) in [6.45, 7) is 6.71. The first-order valence-corrected chi connectivity index (χ1v) is 6.95. The smallest absolute Gasteiger partial charge is 0.227 e. The second-order valence-corrected chi connectivity index (χ2v) is 5.91. The summed E-state index contributed by atoms with van der Waals surface area (Å²) in [7, 11) is 1.82. The van der Waals surface area contributed by atoms with Crippen LogP contribution in [0.4, 0.5) is 5.69 Å². The highest BCUT2D eigenvalue weighted by atomic mass is 16.2. The van der Waals surface area contributed by atoms with Crippen molar-refractivity contribution >= 4 is 11.6 Å². The summed E-state index contributed by atoms with van der Waals surface area (Å²) in [4.78, 5) is 13.9. The summed E-state index contributed by atoms with van der Waals surface area (Å²) in [5.74, 6) is 0.110. The number of anilines is 1. The molecular weight excluding hydrogens is 236 g/mol. The first-order chi connectivity index (χ1) is 8.89. The lowest BCUT2D eigenvalue weighted by atomic mass is 9.89. The van der Waals surface area contributed by atoms with Crippen LogP contribution in [0.2, 0.25) is 0 Å². The fourth-order valence-electron chi connectivity index (χ4n) is 1.92. The maximum atomic E-state index is 12.2. The maximum Gasteiger partial charge on any atom is 0.227 e. The second-order valence-electron chi connectivity index (χ2n) is 5.91. The van der Waals surface area contributed by atoms with E-state index in [1.807, 2.05) is 33.0 Å². The lowest BCUT2D eigenvalue weighted by Crippen LogP contribution is -2.34. The Labute approximate surface area is 116 Å². The van der Waals surface area contributed by atoms with Crippen LogP contribution in [0.1, 0.15) is 39.2 Å². The van der Waals surface area contributed by atoms with E-state index < -0.39 is 0 Å². The van der Waals surface area contributed by atoms with Crippen LogP contribution < -0.4 is 10.6 Å². The molecule has 0 aliphatic heterocycles. The molecule has 0 unspecified atom stereocenters. The molecule has 1 aromatic carbocycles. The third-order valence-electron chi connectivity index (χ3n) is 3.42. The minimum absolute atomic E-state index is 0.110. The van der Waals surface area contributed by atoms with E-state index in [9.17, 15) is 4.79 Å². The number of nitrogens with two attached hydrogens (primary N) is 1. The van der Waals surface area contributed by atoms with Gasteiger partial charge >= 0.3 is 0 Å². The standard InChI is InChI=1S/C16H26N2O/c1-5-6-13-7-9-14(10-8-13)18(4)15(19)11-16(2,3)12-17/h7-10H,5-6,11-12,17H2,1-4H3. The number of benzene rings is 1. The van der Waals surface area contributed by atoms with Gasteiger partial charge in [0.1, 0.15) is 0 Å². The number of aryl methyl sites for hydroxylation is 1. The van der Waals surface area contributed by atoms with Crippen LogP contribution in [0.3, 0.4) is 0 Å². The van der Waals surface area contributed by atoms with Crippen LogP contribution in [0, 0.1) is 5.41 Å². The van der Waals surface area contributed by atoms with Crippen molar-refractivity contribution in [3.8, 4) is 0 Å². The molecule has 0 radical (unpaired) electrons. The van der Waals surface area contributed by atoms with Crippen molar-refractivity contribution in [3.63, 3.8) is 0 Å². The average molecular weight is 262 g/mol. The highest BCUT2D eigenvalue weighted by Gasteiger charge is 2.22. The number of carbonyl (C=O) groups is 1. The molecule has 0 spiro atoms. The lowest BCUT2D eigenvalue weighted by molar-refractivity contribution is -0.120. The van der Waals surface area contributed by atoms with Gasteiger partial charge in [-0.1, -0.05) is 39.3 Å². The van der Waals surface area contributed by atoms with E-state index in [1.54, 1.807) is 4.90 Å². The molecule has 106 valence electrons. The lowest BCUT2D eigenvalue weighted by Gasteiger charge is -2.25. The summed E-state index contributed by atoms with van der Waals surface area (Å²) in [6.07, 6.45) is 2.69. The molecule has 0 heterocycles.